The topological polar surface area (TPSA) is 48.3 Å². The fraction of sp³-hybridized carbons (Fsp3) is 0.348. The molecule has 0 spiro atoms. The lowest BCUT2D eigenvalue weighted by Crippen LogP contribution is -2.17. The lowest BCUT2D eigenvalue weighted by atomic mass is 10.1. The van der Waals surface area contributed by atoms with Gasteiger partial charge < -0.3 is 19.4 Å². The molecule has 0 radical (unpaired) electrons. The molecule has 2 aromatic carbocycles. The summed E-state index contributed by atoms with van der Waals surface area (Å²) in [5.74, 6) is 1.62. The monoisotopic (exact) mass is 379 g/mol. The molecule has 3 aromatic rings. The molecule has 0 fully saturated rings. The Hall–Kier alpha value is -2.79. The molecule has 0 saturated heterocycles. The summed E-state index contributed by atoms with van der Waals surface area (Å²) >= 11 is 0. The Morgan fingerprint density at radius 2 is 1.93 bits per heavy atom. The Bertz CT molecular complexity index is 830. The zero-order valence-corrected chi connectivity index (χ0v) is 16.7. The van der Waals surface area contributed by atoms with Gasteiger partial charge in [-0.3, -0.25) is 0 Å². The fourth-order valence-corrected chi connectivity index (χ4v) is 3.00. The van der Waals surface area contributed by atoms with Crippen LogP contribution < -0.4 is 14.8 Å². The van der Waals surface area contributed by atoms with E-state index in [1.807, 2.05) is 37.8 Å². The summed E-state index contributed by atoms with van der Waals surface area (Å²) in [5, 5.41) is 3.51. The van der Waals surface area contributed by atoms with E-state index in [2.05, 4.69) is 52.1 Å². The number of nitrogens with zero attached hydrogens (tertiary/aromatic N) is 2. The number of hydrogen-bond acceptors (Lipinski definition) is 4. The Labute approximate surface area is 167 Å². The van der Waals surface area contributed by atoms with Crippen LogP contribution in [0, 0.1) is 6.92 Å². The molecule has 5 nitrogen and oxygen atoms in total. The Balaban J connectivity index is 1.59. The highest BCUT2D eigenvalue weighted by Crippen LogP contribution is 2.32. The molecule has 0 bridgehead atoms. The summed E-state index contributed by atoms with van der Waals surface area (Å²) in [6.45, 7) is 7.85. The highest BCUT2D eigenvalue weighted by molar-refractivity contribution is 5.46. The number of aryl methyl sites for hydroxylation is 2. The van der Waals surface area contributed by atoms with E-state index in [-0.39, 0.29) is 0 Å². The van der Waals surface area contributed by atoms with Crippen molar-refractivity contribution >= 4 is 0 Å². The third-order valence-corrected chi connectivity index (χ3v) is 4.51. The molecular formula is C23H29N3O2. The average molecular weight is 380 g/mol. The van der Waals surface area contributed by atoms with E-state index in [0.717, 1.165) is 48.7 Å². The maximum absolute atomic E-state index is 6.19. The number of nitrogens with one attached hydrogen (secondary N) is 1. The Morgan fingerprint density at radius 1 is 1.07 bits per heavy atom. The molecule has 28 heavy (non-hydrogen) atoms. The van der Waals surface area contributed by atoms with Crippen molar-refractivity contribution in [2.24, 2.45) is 0 Å². The summed E-state index contributed by atoms with van der Waals surface area (Å²) < 4.78 is 14.1. The molecule has 0 amide bonds. The standard InChI is InChI=1S/C23H29N3O2/c1-3-27-22-7-4-6-21(16-24-12-5-14-26-15-13-25-18-26)23(22)28-17-20-10-8-19(2)9-11-20/h4,6-11,13,15,18,24H,3,5,12,14,16-17H2,1-2H3. The highest BCUT2D eigenvalue weighted by atomic mass is 16.5. The zero-order valence-electron chi connectivity index (χ0n) is 16.7. The molecule has 1 N–H and O–H groups in total. The molecule has 0 aliphatic rings. The van der Waals surface area contributed by atoms with Crippen molar-refractivity contribution < 1.29 is 9.47 Å². The van der Waals surface area contributed by atoms with Crippen molar-refractivity contribution in [1.82, 2.24) is 14.9 Å². The van der Waals surface area contributed by atoms with Crippen molar-refractivity contribution in [3.05, 3.63) is 77.9 Å². The van der Waals surface area contributed by atoms with Crippen molar-refractivity contribution in [3.8, 4) is 11.5 Å². The quantitative estimate of drug-likeness (QED) is 0.503. The van der Waals surface area contributed by atoms with Crippen LogP contribution in [-0.4, -0.2) is 22.7 Å². The van der Waals surface area contributed by atoms with Crippen LogP contribution in [0.15, 0.2) is 61.2 Å². The van der Waals surface area contributed by atoms with E-state index >= 15 is 0 Å². The summed E-state index contributed by atoms with van der Waals surface area (Å²) in [5.41, 5.74) is 3.51. The first-order valence-electron chi connectivity index (χ1n) is 9.85. The second-order valence-electron chi connectivity index (χ2n) is 6.78. The number of ether oxygens (including phenoxy) is 2. The first-order valence-corrected chi connectivity index (χ1v) is 9.85. The van der Waals surface area contributed by atoms with Gasteiger partial charge in [0.15, 0.2) is 11.5 Å². The lowest BCUT2D eigenvalue weighted by molar-refractivity contribution is 0.266. The van der Waals surface area contributed by atoms with E-state index in [9.17, 15) is 0 Å². The van der Waals surface area contributed by atoms with Crippen LogP contribution in [0.2, 0.25) is 0 Å². The van der Waals surface area contributed by atoms with Gasteiger partial charge in [0.1, 0.15) is 6.61 Å². The number of imidazole rings is 1. The Morgan fingerprint density at radius 3 is 2.68 bits per heavy atom. The molecule has 5 heteroatoms. The van der Waals surface area contributed by atoms with Crippen molar-refractivity contribution in [2.75, 3.05) is 13.2 Å². The molecule has 1 heterocycles. The minimum absolute atomic E-state index is 0.526. The van der Waals surface area contributed by atoms with Crippen LogP contribution in [-0.2, 0) is 19.7 Å². The van der Waals surface area contributed by atoms with Crippen LogP contribution in [0.1, 0.15) is 30.0 Å². The molecule has 0 aliphatic carbocycles. The van der Waals surface area contributed by atoms with E-state index < -0.39 is 0 Å². The van der Waals surface area contributed by atoms with Crippen LogP contribution in [0.3, 0.4) is 0 Å². The molecule has 0 saturated carbocycles. The van der Waals surface area contributed by atoms with E-state index in [4.69, 9.17) is 9.47 Å². The van der Waals surface area contributed by atoms with Gasteiger partial charge in [-0.1, -0.05) is 42.0 Å². The first-order chi connectivity index (χ1) is 13.8. The van der Waals surface area contributed by atoms with Gasteiger partial charge in [-0.25, -0.2) is 4.98 Å². The van der Waals surface area contributed by atoms with Gasteiger partial charge >= 0.3 is 0 Å². The number of benzene rings is 2. The second-order valence-corrected chi connectivity index (χ2v) is 6.78. The number of para-hydroxylation sites is 1. The van der Waals surface area contributed by atoms with Gasteiger partial charge in [-0.05, 0) is 38.4 Å². The minimum atomic E-state index is 0.526. The lowest BCUT2D eigenvalue weighted by Gasteiger charge is -2.16. The second kappa shape index (κ2) is 10.5. The van der Waals surface area contributed by atoms with E-state index in [0.29, 0.717) is 13.2 Å². The number of hydrogen-bond donors (Lipinski definition) is 1. The highest BCUT2D eigenvalue weighted by Gasteiger charge is 2.11. The van der Waals surface area contributed by atoms with Gasteiger partial charge in [0.05, 0.1) is 12.9 Å². The van der Waals surface area contributed by atoms with Crippen molar-refractivity contribution in [1.29, 1.82) is 0 Å². The summed E-state index contributed by atoms with van der Waals surface area (Å²) in [6.07, 6.45) is 6.69. The Kier molecular flexibility index (Phi) is 7.50. The molecule has 148 valence electrons. The third kappa shape index (κ3) is 5.86. The number of aromatic nitrogens is 2. The zero-order chi connectivity index (χ0) is 19.6. The fourth-order valence-electron chi connectivity index (χ4n) is 3.00. The maximum atomic E-state index is 6.19. The third-order valence-electron chi connectivity index (χ3n) is 4.51. The van der Waals surface area contributed by atoms with Crippen LogP contribution in [0.5, 0.6) is 11.5 Å². The summed E-state index contributed by atoms with van der Waals surface area (Å²) in [7, 11) is 0. The van der Waals surface area contributed by atoms with Gasteiger partial charge in [-0.15, -0.1) is 0 Å². The van der Waals surface area contributed by atoms with Crippen LogP contribution in [0.4, 0.5) is 0 Å². The van der Waals surface area contributed by atoms with E-state index in [1.165, 1.54) is 5.56 Å². The predicted octanol–water partition coefficient (Wildman–Crippen LogP) is 4.35. The molecule has 1 aromatic heterocycles. The smallest absolute Gasteiger partial charge is 0.166 e. The van der Waals surface area contributed by atoms with Gasteiger partial charge in [-0.2, -0.15) is 0 Å². The average Bonchev–Trinajstić information content (AvgIpc) is 3.22. The van der Waals surface area contributed by atoms with E-state index in [1.54, 1.807) is 0 Å². The molecule has 0 atom stereocenters. The molecular weight excluding hydrogens is 350 g/mol. The molecule has 0 aliphatic heterocycles. The molecule has 0 unspecified atom stereocenters. The first kappa shape index (κ1) is 20.0. The van der Waals surface area contributed by atoms with Gasteiger partial charge in [0.25, 0.3) is 0 Å². The summed E-state index contributed by atoms with van der Waals surface area (Å²) in [6, 6.07) is 14.5. The van der Waals surface area contributed by atoms with Crippen molar-refractivity contribution in [3.63, 3.8) is 0 Å². The predicted molar refractivity (Wildman–Crippen MR) is 112 cm³/mol. The number of rotatable bonds is 11. The van der Waals surface area contributed by atoms with Crippen LogP contribution in [0.25, 0.3) is 0 Å². The van der Waals surface area contributed by atoms with Gasteiger partial charge in [0.2, 0.25) is 0 Å². The molecule has 3 rings (SSSR count). The van der Waals surface area contributed by atoms with Crippen molar-refractivity contribution in [2.45, 2.75) is 40.0 Å². The van der Waals surface area contributed by atoms with Crippen LogP contribution >= 0.6 is 0 Å². The minimum Gasteiger partial charge on any atom is -0.490 e. The largest absolute Gasteiger partial charge is 0.490 e. The SMILES string of the molecule is CCOc1cccc(CNCCCn2ccnc2)c1OCc1ccc(C)cc1. The summed E-state index contributed by atoms with van der Waals surface area (Å²) in [4.78, 5) is 4.07. The normalized spacial score (nSPS) is 10.8. The maximum Gasteiger partial charge on any atom is 0.166 e. The van der Waals surface area contributed by atoms with Gasteiger partial charge in [0, 0.05) is 31.0 Å².